The average molecular weight is 286 g/mol. The molecule has 0 aromatic carbocycles. The van der Waals surface area contributed by atoms with E-state index in [9.17, 15) is 0 Å². The molecule has 1 aliphatic heterocycles. The summed E-state index contributed by atoms with van der Waals surface area (Å²) < 4.78 is 11.0. The van der Waals surface area contributed by atoms with E-state index in [-0.39, 0.29) is 0 Å². The Labute approximate surface area is 125 Å². The van der Waals surface area contributed by atoms with E-state index in [1.165, 1.54) is 13.0 Å². The molecule has 1 heterocycles. The first-order valence-corrected chi connectivity index (χ1v) is 8.16. The molecule has 1 aliphatic rings. The van der Waals surface area contributed by atoms with Crippen molar-refractivity contribution in [3.63, 3.8) is 0 Å². The lowest BCUT2D eigenvalue weighted by atomic mass is 9.93. The highest BCUT2D eigenvalue weighted by molar-refractivity contribution is 4.62. The van der Waals surface area contributed by atoms with Crippen LogP contribution in [0, 0.1) is 5.41 Å². The second kappa shape index (κ2) is 10.6. The van der Waals surface area contributed by atoms with E-state index in [1.54, 1.807) is 0 Å². The fourth-order valence-electron chi connectivity index (χ4n) is 2.16. The Morgan fingerprint density at radius 3 is 2.45 bits per heavy atom. The zero-order valence-corrected chi connectivity index (χ0v) is 13.7. The number of hydrogen-bond donors (Lipinski definition) is 1. The summed E-state index contributed by atoms with van der Waals surface area (Å²) in [7, 11) is 0. The molecule has 0 saturated carbocycles. The van der Waals surface area contributed by atoms with E-state index in [2.05, 4.69) is 31.0 Å². The van der Waals surface area contributed by atoms with Gasteiger partial charge in [-0.25, -0.2) is 0 Å². The molecule has 20 heavy (non-hydrogen) atoms. The van der Waals surface area contributed by atoms with Gasteiger partial charge in [-0.15, -0.1) is 0 Å². The van der Waals surface area contributed by atoms with Crippen molar-refractivity contribution >= 4 is 0 Å². The van der Waals surface area contributed by atoms with Crippen LogP contribution in [0.5, 0.6) is 0 Å². The lowest BCUT2D eigenvalue weighted by molar-refractivity contribution is 0.0374. The number of rotatable bonds is 10. The van der Waals surface area contributed by atoms with Crippen LogP contribution < -0.4 is 5.32 Å². The van der Waals surface area contributed by atoms with E-state index in [0.29, 0.717) is 5.41 Å². The summed E-state index contributed by atoms with van der Waals surface area (Å²) in [6.45, 7) is 15.9. The van der Waals surface area contributed by atoms with E-state index < -0.39 is 0 Å². The predicted octanol–water partition coefficient (Wildman–Crippen LogP) is 2.14. The summed E-state index contributed by atoms with van der Waals surface area (Å²) in [5.74, 6) is 0. The van der Waals surface area contributed by atoms with Crippen molar-refractivity contribution in [1.82, 2.24) is 10.2 Å². The highest BCUT2D eigenvalue weighted by atomic mass is 16.5. The van der Waals surface area contributed by atoms with E-state index in [1.807, 2.05) is 0 Å². The molecule has 1 fully saturated rings. The molecule has 0 unspecified atom stereocenters. The number of hydrogen-bond acceptors (Lipinski definition) is 4. The Balaban J connectivity index is 1.76. The molecule has 0 atom stereocenters. The summed E-state index contributed by atoms with van der Waals surface area (Å²) in [6.07, 6.45) is 3.48. The van der Waals surface area contributed by atoms with Gasteiger partial charge >= 0.3 is 0 Å². The number of nitrogens with one attached hydrogen (secondary N) is 1. The zero-order valence-electron chi connectivity index (χ0n) is 13.7. The Hall–Kier alpha value is -0.160. The Bertz CT molecular complexity index is 223. The molecule has 1 N–H and O–H groups in total. The number of nitrogens with zero attached hydrogens (tertiary/aromatic N) is 1. The monoisotopic (exact) mass is 286 g/mol. The van der Waals surface area contributed by atoms with E-state index in [0.717, 1.165) is 65.4 Å². The minimum Gasteiger partial charge on any atom is -0.381 e. The van der Waals surface area contributed by atoms with Crippen molar-refractivity contribution in [2.24, 2.45) is 5.41 Å². The quantitative estimate of drug-likeness (QED) is 0.624. The van der Waals surface area contributed by atoms with Crippen molar-refractivity contribution in [1.29, 1.82) is 0 Å². The summed E-state index contributed by atoms with van der Waals surface area (Å²) in [5, 5.41) is 3.49. The Kier molecular flexibility index (Phi) is 9.44. The summed E-state index contributed by atoms with van der Waals surface area (Å²) in [5.41, 5.74) is 0.387. The molecule has 4 heteroatoms. The lowest BCUT2D eigenvalue weighted by Crippen LogP contribution is -2.37. The third-order valence-corrected chi connectivity index (χ3v) is 3.57. The molecule has 4 nitrogen and oxygen atoms in total. The van der Waals surface area contributed by atoms with Crippen LogP contribution in [0.3, 0.4) is 0 Å². The topological polar surface area (TPSA) is 33.7 Å². The lowest BCUT2D eigenvalue weighted by Gasteiger charge is -2.26. The van der Waals surface area contributed by atoms with Crippen LogP contribution in [0.2, 0.25) is 0 Å². The predicted molar refractivity (Wildman–Crippen MR) is 84.3 cm³/mol. The molecule has 0 spiro atoms. The van der Waals surface area contributed by atoms with Gasteiger partial charge in [-0.05, 0) is 44.3 Å². The van der Waals surface area contributed by atoms with Gasteiger partial charge in [-0.3, -0.25) is 4.90 Å². The maximum absolute atomic E-state index is 5.65. The summed E-state index contributed by atoms with van der Waals surface area (Å²) in [4.78, 5) is 2.49. The van der Waals surface area contributed by atoms with E-state index >= 15 is 0 Å². The van der Waals surface area contributed by atoms with Gasteiger partial charge in [0.05, 0.1) is 13.2 Å². The van der Waals surface area contributed by atoms with Crippen molar-refractivity contribution in [3.05, 3.63) is 0 Å². The second-order valence-electron chi connectivity index (χ2n) is 6.83. The molecule has 1 saturated heterocycles. The summed E-state index contributed by atoms with van der Waals surface area (Å²) >= 11 is 0. The van der Waals surface area contributed by atoms with Crippen molar-refractivity contribution < 1.29 is 9.47 Å². The molecule has 0 aliphatic carbocycles. The van der Waals surface area contributed by atoms with Crippen LogP contribution in [-0.4, -0.2) is 64.1 Å². The molecular weight excluding hydrogens is 252 g/mol. The van der Waals surface area contributed by atoms with E-state index in [4.69, 9.17) is 9.47 Å². The minimum absolute atomic E-state index is 0.387. The molecular formula is C16H34N2O2. The number of ether oxygens (including phenoxy) is 2. The highest BCUT2D eigenvalue weighted by Gasteiger charge is 2.09. The molecule has 1 rings (SSSR count). The highest BCUT2D eigenvalue weighted by Crippen LogP contribution is 2.17. The van der Waals surface area contributed by atoms with Crippen molar-refractivity contribution in [3.8, 4) is 0 Å². The van der Waals surface area contributed by atoms with Crippen LogP contribution in [0.4, 0.5) is 0 Å². The van der Waals surface area contributed by atoms with Crippen LogP contribution >= 0.6 is 0 Å². The largest absolute Gasteiger partial charge is 0.381 e. The van der Waals surface area contributed by atoms with Gasteiger partial charge in [0.25, 0.3) is 0 Å². The maximum atomic E-state index is 5.65. The maximum Gasteiger partial charge on any atom is 0.0594 e. The van der Waals surface area contributed by atoms with Crippen molar-refractivity contribution in [2.45, 2.75) is 40.0 Å². The van der Waals surface area contributed by atoms with Gasteiger partial charge in [0.1, 0.15) is 0 Å². The van der Waals surface area contributed by atoms with Crippen LogP contribution in [0.1, 0.15) is 40.0 Å². The van der Waals surface area contributed by atoms with Crippen LogP contribution in [-0.2, 0) is 9.47 Å². The molecule has 0 amide bonds. The minimum atomic E-state index is 0.387. The average Bonchev–Trinajstić information content (AvgIpc) is 2.41. The van der Waals surface area contributed by atoms with Crippen molar-refractivity contribution in [2.75, 3.05) is 59.2 Å². The fraction of sp³-hybridized carbons (Fsp3) is 1.00. The van der Waals surface area contributed by atoms with Gasteiger partial charge in [-0.1, -0.05) is 20.8 Å². The first-order chi connectivity index (χ1) is 9.58. The molecule has 0 aromatic rings. The standard InChI is InChI=1S/C16H34N2O2/c1-16(2,3)6-13-19-12-5-8-17-7-4-9-18-10-14-20-15-11-18/h17H,4-15H2,1-3H3. The SMILES string of the molecule is CC(C)(C)CCOCCCNCCCN1CCOCC1. The van der Waals surface area contributed by atoms with Gasteiger partial charge in [0.2, 0.25) is 0 Å². The number of morpholine rings is 1. The van der Waals surface area contributed by atoms with Gasteiger partial charge in [0.15, 0.2) is 0 Å². The second-order valence-corrected chi connectivity index (χ2v) is 6.83. The molecule has 120 valence electrons. The Morgan fingerprint density at radius 1 is 1.05 bits per heavy atom. The first kappa shape index (κ1) is 17.9. The smallest absolute Gasteiger partial charge is 0.0594 e. The summed E-state index contributed by atoms with van der Waals surface area (Å²) in [6, 6.07) is 0. The molecule has 0 aromatic heterocycles. The zero-order chi connectivity index (χ0) is 14.7. The van der Waals surface area contributed by atoms with Gasteiger partial charge in [-0.2, -0.15) is 0 Å². The van der Waals surface area contributed by atoms with Crippen LogP contribution in [0.25, 0.3) is 0 Å². The molecule has 0 radical (unpaired) electrons. The fourth-order valence-corrected chi connectivity index (χ4v) is 2.16. The van der Waals surface area contributed by atoms with Gasteiger partial charge < -0.3 is 14.8 Å². The third kappa shape index (κ3) is 10.6. The normalized spacial score (nSPS) is 17.6. The third-order valence-electron chi connectivity index (χ3n) is 3.57. The van der Waals surface area contributed by atoms with Gasteiger partial charge in [0, 0.05) is 26.3 Å². The molecule has 0 bridgehead atoms. The van der Waals surface area contributed by atoms with Crippen LogP contribution in [0.15, 0.2) is 0 Å². The Morgan fingerprint density at radius 2 is 1.75 bits per heavy atom. The first-order valence-electron chi connectivity index (χ1n) is 8.16.